The summed E-state index contributed by atoms with van der Waals surface area (Å²) in [6.45, 7) is 6.51. The molecule has 2 fully saturated rings. The van der Waals surface area contributed by atoms with E-state index >= 15 is 0 Å². The number of benzene rings is 1. The maximum absolute atomic E-state index is 12.0. The van der Waals surface area contributed by atoms with Gasteiger partial charge in [0.1, 0.15) is 0 Å². The van der Waals surface area contributed by atoms with Crippen LogP contribution in [0.3, 0.4) is 0 Å². The zero-order valence-electron chi connectivity index (χ0n) is 13.2. The molecule has 5 nitrogen and oxygen atoms in total. The van der Waals surface area contributed by atoms with Gasteiger partial charge < -0.3 is 10.2 Å². The molecule has 0 radical (unpaired) electrons. The highest BCUT2D eigenvalue weighted by Crippen LogP contribution is 2.38. The highest BCUT2D eigenvalue weighted by molar-refractivity contribution is 5.78. The summed E-state index contributed by atoms with van der Waals surface area (Å²) < 4.78 is 0. The minimum atomic E-state index is 0.0617. The molecule has 1 aromatic rings. The van der Waals surface area contributed by atoms with Crippen LogP contribution in [0.4, 0.5) is 5.69 Å². The standard InChI is InChI=1S/C17H24N4O/c1-10(2)21-6-5-12-7-11(3-4-15(12)21)13-8-16(22)19-17-14(13)9-18-20-17/h3-4,7,10,13-14,17-18,20H,5-6,8-9H2,1-2H3,(H,19,22). The molecule has 4 rings (SSSR count). The molecular formula is C17H24N4O. The number of hydrogen-bond donors (Lipinski definition) is 3. The molecule has 118 valence electrons. The fourth-order valence-electron chi connectivity index (χ4n) is 4.19. The van der Waals surface area contributed by atoms with Gasteiger partial charge in [-0.3, -0.25) is 10.2 Å². The fourth-order valence-corrected chi connectivity index (χ4v) is 4.19. The van der Waals surface area contributed by atoms with Crippen molar-refractivity contribution in [1.82, 2.24) is 16.2 Å². The van der Waals surface area contributed by atoms with E-state index in [1.165, 1.54) is 16.8 Å². The van der Waals surface area contributed by atoms with E-state index in [2.05, 4.69) is 53.1 Å². The smallest absolute Gasteiger partial charge is 0.221 e. The van der Waals surface area contributed by atoms with Crippen LogP contribution >= 0.6 is 0 Å². The van der Waals surface area contributed by atoms with Crippen molar-refractivity contribution in [3.05, 3.63) is 29.3 Å². The van der Waals surface area contributed by atoms with E-state index in [0.717, 1.165) is 19.5 Å². The molecule has 3 aliphatic heterocycles. The van der Waals surface area contributed by atoms with Gasteiger partial charge in [-0.2, -0.15) is 0 Å². The number of amides is 1. The van der Waals surface area contributed by atoms with Crippen LogP contribution in [0.1, 0.15) is 37.3 Å². The van der Waals surface area contributed by atoms with Crippen LogP contribution in [-0.4, -0.2) is 31.2 Å². The van der Waals surface area contributed by atoms with Gasteiger partial charge in [-0.15, -0.1) is 0 Å². The quantitative estimate of drug-likeness (QED) is 0.766. The fraction of sp³-hybridized carbons (Fsp3) is 0.588. The summed E-state index contributed by atoms with van der Waals surface area (Å²) in [6, 6.07) is 7.38. The zero-order valence-corrected chi connectivity index (χ0v) is 13.2. The van der Waals surface area contributed by atoms with Crippen molar-refractivity contribution < 1.29 is 4.79 Å². The second-order valence-electron chi connectivity index (χ2n) is 6.97. The van der Waals surface area contributed by atoms with Crippen molar-refractivity contribution >= 4 is 11.6 Å². The Hall–Kier alpha value is -1.59. The summed E-state index contributed by atoms with van der Waals surface area (Å²) in [5, 5.41) is 3.03. The molecule has 0 aliphatic carbocycles. The Morgan fingerprint density at radius 3 is 3.00 bits per heavy atom. The number of carbonyl (C=O) groups is 1. The van der Waals surface area contributed by atoms with E-state index in [0.29, 0.717) is 24.3 Å². The largest absolute Gasteiger partial charge is 0.369 e. The van der Waals surface area contributed by atoms with Crippen molar-refractivity contribution in [2.75, 3.05) is 18.0 Å². The van der Waals surface area contributed by atoms with Crippen molar-refractivity contribution in [2.45, 2.75) is 44.8 Å². The van der Waals surface area contributed by atoms with Gasteiger partial charge in [0.25, 0.3) is 0 Å². The molecular weight excluding hydrogens is 276 g/mol. The zero-order chi connectivity index (χ0) is 15.3. The number of carbonyl (C=O) groups excluding carboxylic acids is 1. The second kappa shape index (κ2) is 5.25. The van der Waals surface area contributed by atoms with Crippen molar-refractivity contribution in [3.8, 4) is 0 Å². The lowest BCUT2D eigenvalue weighted by Crippen LogP contribution is -2.52. The first-order valence-electron chi connectivity index (χ1n) is 8.30. The number of rotatable bonds is 2. The third-order valence-electron chi connectivity index (χ3n) is 5.35. The Bertz CT molecular complexity index is 600. The summed E-state index contributed by atoms with van der Waals surface area (Å²) in [6.07, 6.45) is 1.77. The SMILES string of the molecule is CC(C)N1CCc2cc(C3CC(=O)NC4NNCC43)ccc21. The van der Waals surface area contributed by atoms with Gasteiger partial charge in [0.05, 0.1) is 6.17 Å². The summed E-state index contributed by atoms with van der Waals surface area (Å²) >= 11 is 0. The van der Waals surface area contributed by atoms with Gasteiger partial charge in [-0.05, 0) is 37.5 Å². The van der Waals surface area contributed by atoms with E-state index in [1.54, 1.807) is 0 Å². The van der Waals surface area contributed by atoms with Crippen LogP contribution in [0.5, 0.6) is 0 Å². The van der Waals surface area contributed by atoms with Gasteiger partial charge in [-0.25, -0.2) is 5.43 Å². The molecule has 3 atom stereocenters. The lowest BCUT2D eigenvalue weighted by Gasteiger charge is -2.33. The highest BCUT2D eigenvalue weighted by atomic mass is 16.2. The van der Waals surface area contributed by atoms with E-state index in [-0.39, 0.29) is 12.1 Å². The Balaban J connectivity index is 1.64. The first kappa shape index (κ1) is 14.0. The van der Waals surface area contributed by atoms with Crippen molar-refractivity contribution in [2.24, 2.45) is 5.92 Å². The van der Waals surface area contributed by atoms with E-state index in [9.17, 15) is 4.79 Å². The molecule has 0 saturated carbocycles. The number of nitrogens with zero attached hydrogens (tertiary/aromatic N) is 1. The van der Waals surface area contributed by atoms with Gasteiger partial charge >= 0.3 is 0 Å². The van der Waals surface area contributed by atoms with E-state index in [1.807, 2.05) is 0 Å². The maximum Gasteiger partial charge on any atom is 0.221 e. The monoisotopic (exact) mass is 300 g/mol. The van der Waals surface area contributed by atoms with Crippen LogP contribution in [0, 0.1) is 5.92 Å². The molecule has 1 aromatic carbocycles. The van der Waals surface area contributed by atoms with Gasteiger partial charge in [0, 0.05) is 43.1 Å². The average Bonchev–Trinajstić information content (AvgIpc) is 3.11. The molecule has 22 heavy (non-hydrogen) atoms. The number of piperidine rings is 1. The molecule has 3 heterocycles. The third-order valence-corrected chi connectivity index (χ3v) is 5.35. The Morgan fingerprint density at radius 2 is 2.18 bits per heavy atom. The summed E-state index contributed by atoms with van der Waals surface area (Å²) in [7, 11) is 0. The van der Waals surface area contributed by atoms with Crippen LogP contribution < -0.4 is 21.1 Å². The van der Waals surface area contributed by atoms with E-state index in [4.69, 9.17) is 0 Å². The molecule has 0 aromatic heterocycles. The van der Waals surface area contributed by atoms with Gasteiger partial charge in [0.15, 0.2) is 0 Å². The molecule has 3 unspecified atom stereocenters. The molecule has 0 spiro atoms. The molecule has 2 saturated heterocycles. The molecule has 3 N–H and O–H groups in total. The predicted molar refractivity (Wildman–Crippen MR) is 86.5 cm³/mol. The lowest BCUT2D eigenvalue weighted by molar-refractivity contribution is -0.124. The number of nitrogens with one attached hydrogen (secondary N) is 3. The van der Waals surface area contributed by atoms with Gasteiger partial charge in [-0.1, -0.05) is 12.1 Å². The Morgan fingerprint density at radius 1 is 1.32 bits per heavy atom. The average molecular weight is 300 g/mol. The number of fused-ring (bicyclic) bond motifs is 2. The first-order valence-corrected chi connectivity index (χ1v) is 8.30. The van der Waals surface area contributed by atoms with Crippen LogP contribution in [-0.2, 0) is 11.2 Å². The van der Waals surface area contributed by atoms with E-state index < -0.39 is 0 Å². The third kappa shape index (κ3) is 2.20. The number of hydrazine groups is 1. The summed E-state index contributed by atoms with van der Waals surface area (Å²) in [5.74, 6) is 0.879. The molecule has 1 amide bonds. The Labute approximate surface area is 131 Å². The minimum Gasteiger partial charge on any atom is -0.369 e. The molecule has 5 heteroatoms. The number of anilines is 1. The predicted octanol–water partition coefficient (Wildman–Crippen LogP) is 1.11. The lowest BCUT2D eigenvalue weighted by atomic mass is 9.79. The minimum absolute atomic E-state index is 0.0617. The first-order chi connectivity index (χ1) is 10.6. The van der Waals surface area contributed by atoms with Crippen LogP contribution in [0.25, 0.3) is 0 Å². The summed E-state index contributed by atoms with van der Waals surface area (Å²) in [5.41, 5.74) is 10.5. The van der Waals surface area contributed by atoms with Crippen LogP contribution in [0.2, 0.25) is 0 Å². The summed E-state index contributed by atoms with van der Waals surface area (Å²) in [4.78, 5) is 14.4. The van der Waals surface area contributed by atoms with Crippen molar-refractivity contribution in [1.29, 1.82) is 0 Å². The second-order valence-corrected chi connectivity index (χ2v) is 6.97. The topological polar surface area (TPSA) is 56.4 Å². The Kier molecular flexibility index (Phi) is 3.35. The highest BCUT2D eigenvalue weighted by Gasteiger charge is 2.40. The van der Waals surface area contributed by atoms with Crippen molar-refractivity contribution in [3.63, 3.8) is 0 Å². The molecule has 3 aliphatic rings. The number of hydrogen-bond acceptors (Lipinski definition) is 4. The van der Waals surface area contributed by atoms with Gasteiger partial charge in [0.2, 0.25) is 5.91 Å². The molecule has 0 bridgehead atoms. The normalized spacial score (nSPS) is 30.4. The van der Waals surface area contributed by atoms with Crippen LogP contribution in [0.15, 0.2) is 18.2 Å². The maximum atomic E-state index is 12.0.